The van der Waals surface area contributed by atoms with E-state index in [1.807, 2.05) is 0 Å². The fraction of sp³-hybridized carbons (Fsp3) is 0. The summed E-state index contributed by atoms with van der Waals surface area (Å²) in [6, 6.07) is 19.5. The zero-order chi connectivity index (χ0) is 18.5. The Hall–Kier alpha value is -3.31. The largest absolute Gasteiger partial charge is 0.478 e. The Morgan fingerprint density at radius 2 is 1.46 bits per heavy atom. The van der Waals surface area contributed by atoms with Gasteiger partial charge >= 0.3 is 5.97 Å². The quantitative estimate of drug-likeness (QED) is 0.659. The molecular weight excluding hydrogens is 354 g/mol. The van der Waals surface area contributed by atoms with Crippen molar-refractivity contribution in [1.29, 1.82) is 0 Å². The molecule has 0 saturated heterocycles. The number of anilines is 1. The van der Waals surface area contributed by atoms with Crippen LogP contribution in [-0.2, 0) is 0 Å². The van der Waals surface area contributed by atoms with Crippen LogP contribution in [-0.4, -0.2) is 17.0 Å². The van der Waals surface area contributed by atoms with Crippen LogP contribution in [0.25, 0.3) is 0 Å². The van der Waals surface area contributed by atoms with E-state index in [1.54, 1.807) is 60.7 Å². The van der Waals surface area contributed by atoms with Crippen LogP contribution < -0.4 is 10.1 Å². The Morgan fingerprint density at radius 3 is 2.12 bits per heavy atom. The molecule has 0 fully saturated rings. The van der Waals surface area contributed by atoms with Crippen LogP contribution in [0.4, 0.5) is 5.69 Å². The first-order valence-corrected chi connectivity index (χ1v) is 8.08. The molecule has 2 N–H and O–H groups in total. The minimum atomic E-state index is -1.01. The van der Waals surface area contributed by atoms with Crippen molar-refractivity contribution < 1.29 is 19.4 Å². The van der Waals surface area contributed by atoms with E-state index in [0.29, 0.717) is 27.8 Å². The number of hydrogen-bond donors (Lipinski definition) is 2. The van der Waals surface area contributed by atoms with Crippen LogP contribution >= 0.6 is 11.6 Å². The van der Waals surface area contributed by atoms with Crippen LogP contribution in [0.15, 0.2) is 72.8 Å². The van der Waals surface area contributed by atoms with Crippen LogP contribution in [0.1, 0.15) is 20.7 Å². The molecule has 6 heteroatoms. The molecule has 0 unspecified atom stereocenters. The van der Waals surface area contributed by atoms with E-state index in [1.165, 1.54) is 12.1 Å². The molecule has 5 nitrogen and oxygen atoms in total. The highest BCUT2D eigenvalue weighted by atomic mass is 35.5. The van der Waals surface area contributed by atoms with Crippen LogP contribution in [0.2, 0.25) is 5.02 Å². The smallest absolute Gasteiger partial charge is 0.335 e. The van der Waals surface area contributed by atoms with Crippen LogP contribution in [0, 0.1) is 0 Å². The maximum Gasteiger partial charge on any atom is 0.335 e. The van der Waals surface area contributed by atoms with Gasteiger partial charge in [-0.25, -0.2) is 4.79 Å². The lowest BCUT2D eigenvalue weighted by Crippen LogP contribution is -2.12. The summed E-state index contributed by atoms with van der Waals surface area (Å²) in [4.78, 5) is 23.3. The number of ether oxygens (including phenoxy) is 1. The van der Waals surface area contributed by atoms with E-state index in [9.17, 15) is 9.59 Å². The van der Waals surface area contributed by atoms with Gasteiger partial charge in [0, 0.05) is 10.6 Å². The molecule has 26 heavy (non-hydrogen) atoms. The van der Waals surface area contributed by atoms with Crippen molar-refractivity contribution in [1.82, 2.24) is 0 Å². The third kappa shape index (κ3) is 4.20. The second-order valence-corrected chi connectivity index (χ2v) is 5.83. The fourth-order valence-corrected chi connectivity index (χ4v) is 2.37. The highest BCUT2D eigenvalue weighted by Gasteiger charge is 2.11. The Labute approximate surface area is 154 Å². The van der Waals surface area contributed by atoms with Crippen molar-refractivity contribution in [2.75, 3.05) is 5.32 Å². The lowest BCUT2D eigenvalue weighted by Gasteiger charge is -2.12. The average molecular weight is 368 g/mol. The van der Waals surface area contributed by atoms with Gasteiger partial charge in [0.1, 0.15) is 5.75 Å². The number of aromatic carboxylic acids is 1. The van der Waals surface area contributed by atoms with E-state index in [-0.39, 0.29) is 11.5 Å². The lowest BCUT2D eigenvalue weighted by atomic mass is 10.2. The maximum atomic E-state index is 12.4. The molecule has 1 amide bonds. The summed E-state index contributed by atoms with van der Waals surface area (Å²) in [7, 11) is 0. The van der Waals surface area contributed by atoms with Crippen LogP contribution in [0.3, 0.4) is 0 Å². The second kappa shape index (κ2) is 7.72. The number of nitrogens with one attached hydrogen (secondary N) is 1. The van der Waals surface area contributed by atoms with Crippen molar-refractivity contribution in [2.24, 2.45) is 0 Å². The summed E-state index contributed by atoms with van der Waals surface area (Å²) in [5.41, 5.74) is 1.13. The SMILES string of the molecule is O=C(O)c1ccc(Oc2ccccc2NC(=O)c2ccc(Cl)cc2)cc1. The summed E-state index contributed by atoms with van der Waals surface area (Å²) in [6.45, 7) is 0. The first-order chi connectivity index (χ1) is 12.5. The van der Waals surface area contributed by atoms with Gasteiger partial charge in [0.2, 0.25) is 0 Å². The van der Waals surface area contributed by atoms with Crippen molar-refractivity contribution >= 4 is 29.2 Å². The molecule has 130 valence electrons. The number of carboxylic acid groups (broad SMARTS) is 1. The molecule has 0 bridgehead atoms. The molecule has 0 aromatic heterocycles. The zero-order valence-electron chi connectivity index (χ0n) is 13.5. The van der Waals surface area contributed by atoms with E-state index in [2.05, 4.69) is 5.32 Å². The molecule has 3 rings (SSSR count). The molecule has 3 aromatic rings. The molecule has 0 radical (unpaired) electrons. The highest BCUT2D eigenvalue weighted by molar-refractivity contribution is 6.30. The zero-order valence-corrected chi connectivity index (χ0v) is 14.2. The number of rotatable bonds is 5. The third-order valence-corrected chi connectivity index (χ3v) is 3.82. The number of benzene rings is 3. The number of carbonyl (C=O) groups is 2. The Morgan fingerprint density at radius 1 is 0.846 bits per heavy atom. The minimum absolute atomic E-state index is 0.168. The summed E-state index contributed by atoms with van der Waals surface area (Å²) in [6.07, 6.45) is 0. The molecule has 3 aromatic carbocycles. The predicted molar refractivity (Wildman–Crippen MR) is 99.3 cm³/mol. The van der Waals surface area contributed by atoms with E-state index < -0.39 is 5.97 Å². The molecular formula is C20H14ClNO4. The van der Waals surface area contributed by atoms with E-state index >= 15 is 0 Å². The van der Waals surface area contributed by atoms with Gasteiger partial charge in [0.15, 0.2) is 5.75 Å². The number of carboxylic acids is 1. The summed E-state index contributed by atoms with van der Waals surface area (Å²) in [5, 5.41) is 12.3. The van der Waals surface area contributed by atoms with Crippen molar-refractivity contribution in [3.8, 4) is 11.5 Å². The van der Waals surface area contributed by atoms with Gasteiger partial charge < -0.3 is 15.2 Å². The molecule has 0 atom stereocenters. The molecule has 0 saturated carbocycles. The first kappa shape index (κ1) is 17.5. The highest BCUT2D eigenvalue weighted by Crippen LogP contribution is 2.30. The Bertz CT molecular complexity index is 937. The fourth-order valence-electron chi connectivity index (χ4n) is 2.25. The van der Waals surface area contributed by atoms with Gasteiger partial charge in [-0.3, -0.25) is 4.79 Å². The minimum Gasteiger partial charge on any atom is -0.478 e. The van der Waals surface area contributed by atoms with Gasteiger partial charge in [0.25, 0.3) is 5.91 Å². The average Bonchev–Trinajstić information content (AvgIpc) is 2.64. The first-order valence-electron chi connectivity index (χ1n) is 7.70. The second-order valence-electron chi connectivity index (χ2n) is 5.39. The maximum absolute atomic E-state index is 12.4. The molecule has 0 aliphatic rings. The van der Waals surface area contributed by atoms with Gasteiger partial charge in [-0.15, -0.1) is 0 Å². The summed E-state index contributed by atoms with van der Waals surface area (Å²) < 4.78 is 5.77. The normalized spacial score (nSPS) is 10.2. The van der Waals surface area contributed by atoms with E-state index in [4.69, 9.17) is 21.4 Å². The predicted octanol–water partition coefficient (Wildman–Crippen LogP) is 5.08. The molecule has 0 aliphatic heterocycles. The molecule has 0 aliphatic carbocycles. The summed E-state index contributed by atoms with van der Waals surface area (Å²) >= 11 is 5.83. The van der Waals surface area contributed by atoms with Gasteiger partial charge in [-0.05, 0) is 60.7 Å². The van der Waals surface area contributed by atoms with Crippen molar-refractivity contribution in [3.05, 3.63) is 88.9 Å². The number of hydrogen-bond acceptors (Lipinski definition) is 3. The number of amides is 1. The van der Waals surface area contributed by atoms with Crippen molar-refractivity contribution in [3.63, 3.8) is 0 Å². The van der Waals surface area contributed by atoms with Gasteiger partial charge in [0.05, 0.1) is 11.3 Å². The van der Waals surface area contributed by atoms with Crippen molar-refractivity contribution in [2.45, 2.75) is 0 Å². The summed E-state index contributed by atoms with van der Waals surface area (Å²) in [5.74, 6) is -0.396. The lowest BCUT2D eigenvalue weighted by molar-refractivity contribution is 0.0696. The molecule has 0 spiro atoms. The monoisotopic (exact) mass is 367 g/mol. The van der Waals surface area contributed by atoms with Gasteiger partial charge in [-0.1, -0.05) is 23.7 Å². The molecule has 0 heterocycles. The number of para-hydroxylation sites is 2. The van der Waals surface area contributed by atoms with Crippen LogP contribution in [0.5, 0.6) is 11.5 Å². The Kier molecular flexibility index (Phi) is 5.20. The third-order valence-electron chi connectivity index (χ3n) is 3.57. The van der Waals surface area contributed by atoms with E-state index in [0.717, 1.165) is 0 Å². The van der Waals surface area contributed by atoms with Gasteiger partial charge in [-0.2, -0.15) is 0 Å². The number of halogens is 1. The number of carbonyl (C=O) groups excluding carboxylic acids is 1. The standard InChI is InChI=1S/C20H14ClNO4/c21-15-9-5-13(6-10-15)19(23)22-17-3-1-2-4-18(17)26-16-11-7-14(8-12-16)20(24)25/h1-12H,(H,22,23)(H,24,25). The topological polar surface area (TPSA) is 75.6 Å². The Balaban J connectivity index is 1.78.